The summed E-state index contributed by atoms with van der Waals surface area (Å²) in [6.07, 6.45) is 4.98. The number of aryl methyl sites for hydroxylation is 2. The zero-order valence-corrected chi connectivity index (χ0v) is 36.9. The van der Waals surface area contributed by atoms with Gasteiger partial charge >= 0.3 is 11.9 Å². The van der Waals surface area contributed by atoms with E-state index in [0.717, 1.165) is 70.0 Å². The Morgan fingerprint density at radius 3 is 1.41 bits per heavy atom. The number of benzene rings is 3. The number of carbonyl (C=O) groups is 6. The number of nitrogens with zero attached hydrogens (tertiary/aromatic N) is 2. The van der Waals surface area contributed by atoms with Crippen molar-refractivity contribution in [3.05, 3.63) is 155 Å². The van der Waals surface area contributed by atoms with Crippen molar-refractivity contribution >= 4 is 57.3 Å². The number of ketones is 2. The number of aromatic nitrogens is 2. The Hall–Kier alpha value is -6.12. The van der Waals surface area contributed by atoms with Crippen LogP contribution in [0.4, 0.5) is 0 Å². The van der Waals surface area contributed by atoms with Crippen LogP contribution in [0.25, 0.3) is 0 Å². The molecule has 0 amide bonds. The molecular weight excluding hydrogens is 853 g/mol. The number of rotatable bonds is 17. The summed E-state index contributed by atoms with van der Waals surface area (Å²) in [5.41, 5.74) is 5.83. The molecule has 4 atom stereocenters. The lowest BCUT2D eigenvalue weighted by atomic mass is 10.1. The molecule has 0 aliphatic carbocycles. The van der Waals surface area contributed by atoms with Gasteiger partial charge in [-0.05, 0) is 85.3 Å². The summed E-state index contributed by atoms with van der Waals surface area (Å²) < 4.78 is 22.9. The number of Topliss-reactive ketones (excluding diaryl/α,β-unsaturated/α-hetero) is 2. The highest BCUT2D eigenvalue weighted by Gasteiger charge is 2.33. The third-order valence-electron chi connectivity index (χ3n) is 10.1. The van der Waals surface area contributed by atoms with E-state index in [9.17, 15) is 28.8 Å². The maximum Gasteiger partial charge on any atom is 0.338 e. The average Bonchev–Trinajstić information content (AvgIpc) is 3.80. The fourth-order valence-electron chi connectivity index (χ4n) is 6.61. The third kappa shape index (κ3) is 14.5. The smallest absolute Gasteiger partial charge is 0.338 e. The molecule has 7 rings (SSSR count). The number of hydrogen-bond acceptors (Lipinski definition) is 14. The monoisotopic (exact) mass is 904 g/mol. The second-order valence-corrected chi connectivity index (χ2v) is 17.3. The topological polar surface area (TPSA) is 165 Å². The minimum Gasteiger partial charge on any atom is -0.489 e. The predicted molar refractivity (Wildman–Crippen MR) is 246 cm³/mol. The molecule has 14 heteroatoms. The fourth-order valence-corrected chi connectivity index (χ4v) is 8.68. The molecule has 64 heavy (non-hydrogen) atoms. The summed E-state index contributed by atoms with van der Waals surface area (Å²) >= 11 is 2.24. The van der Waals surface area contributed by atoms with Gasteiger partial charge in [0.15, 0.2) is 34.0 Å². The molecular formula is C50H52N2O10S2. The van der Waals surface area contributed by atoms with Crippen LogP contribution in [0.3, 0.4) is 0 Å². The molecule has 334 valence electrons. The predicted octanol–water partition coefficient (Wildman–Crippen LogP) is 8.87. The summed E-state index contributed by atoms with van der Waals surface area (Å²) in [5, 5.41) is -0.716. The summed E-state index contributed by atoms with van der Waals surface area (Å²) in [4.78, 5) is 79.4. The first-order chi connectivity index (χ1) is 30.5. The molecule has 2 fully saturated rings. The zero-order valence-electron chi connectivity index (χ0n) is 35.2. The van der Waals surface area contributed by atoms with Crippen molar-refractivity contribution in [1.82, 2.24) is 9.97 Å². The van der Waals surface area contributed by atoms with Crippen molar-refractivity contribution in [1.29, 1.82) is 0 Å². The molecule has 0 saturated carbocycles. The largest absolute Gasteiger partial charge is 0.489 e. The lowest BCUT2D eigenvalue weighted by Gasteiger charge is -2.19. The molecule has 2 aromatic heterocycles. The molecule has 0 N–H and O–H groups in total. The molecule has 12 nitrogen and oxygen atoms in total. The fraction of sp³-hybridized carbons (Fsp3) is 0.320. The van der Waals surface area contributed by atoms with Crippen LogP contribution in [-0.4, -0.2) is 67.4 Å². The Morgan fingerprint density at radius 1 is 0.609 bits per heavy atom. The van der Waals surface area contributed by atoms with E-state index in [-0.39, 0.29) is 71.7 Å². The molecule has 2 aliphatic rings. The highest BCUT2D eigenvalue weighted by Crippen LogP contribution is 2.30. The van der Waals surface area contributed by atoms with Crippen LogP contribution in [0.2, 0.25) is 0 Å². The van der Waals surface area contributed by atoms with E-state index in [2.05, 4.69) is 9.97 Å². The third-order valence-corrected chi connectivity index (χ3v) is 12.4. The van der Waals surface area contributed by atoms with Crippen molar-refractivity contribution in [2.24, 2.45) is 0 Å². The maximum atomic E-state index is 12.7. The Balaban J connectivity index is 0.000000240. The van der Waals surface area contributed by atoms with E-state index in [1.807, 2.05) is 92.7 Å². The maximum absolute atomic E-state index is 12.7. The van der Waals surface area contributed by atoms with Gasteiger partial charge in [-0.15, -0.1) is 0 Å². The van der Waals surface area contributed by atoms with Crippen molar-refractivity contribution < 1.29 is 47.7 Å². The van der Waals surface area contributed by atoms with Crippen LogP contribution in [0, 0.1) is 0 Å². The van der Waals surface area contributed by atoms with E-state index >= 15 is 0 Å². The standard InChI is InChI=1S/C27H25NO5S.C22H23NO5S.CH4/c1-2-21-11-10-20(16-28-21)24(33-27(31)19-6-4-3-5-7-19)17-32-22-12-8-18(9-13-22)14-25-23(29)15-26(30)34-25;1-3-17-7-6-16(12-23-17)20(28-14(2)24)13-27-18-8-4-15(5-9-18)10-21-19(25)11-22(26)29-21;/h3-13,16,24-25H,2,14-15,17H2,1H3;4-9,12,20-21H,3,10-11,13H2,1-2H3;1H4/t;20-,21?;/m.1./s1. The van der Waals surface area contributed by atoms with E-state index in [1.54, 1.807) is 36.7 Å². The minimum atomic E-state index is -0.635. The van der Waals surface area contributed by atoms with Gasteiger partial charge in [-0.3, -0.25) is 33.9 Å². The van der Waals surface area contributed by atoms with Crippen LogP contribution >= 0.6 is 23.5 Å². The second-order valence-electron chi connectivity index (χ2n) is 14.8. The minimum absolute atomic E-state index is 0. The Kier molecular flexibility index (Phi) is 18.4. The number of pyridine rings is 2. The lowest BCUT2D eigenvalue weighted by Crippen LogP contribution is -2.18. The van der Waals surface area contributed by atoms with Gasteiger partial charge in [0.1, 0.15) is 24.7 Å². The molecule has 0 radical (unpaired) electrons. The first-order valence-corrected chi connectivity index (χ1v) is 22.4. The molecule has 0 spiro atoms. The number of hydrogen-bond donors (Lipinski definition) is 0. The van der Waals surface area contributed by atoms with Crippen LogP contribution in [-0.2, 0) is 59.1 Å². The van der Waals surface area contributed by atoms with Gasteiger partial charge in [0.2, 0.25) is 0 Å². The Labute approximate surface area is 382 Å². The number of ether oxygens (including phenoxy) is 4. The van der Waals surface area contributed by atoms with E-state index in [1.165, 1.54) is 6.92 Å². The van der Waals surface area contributed by atoms with Crippen molar-refractivity contribution in [3.63, 3.8) is 0 Å². The SMILES string of the molecule is C.CCc1ccc(C(COc2ccc(CC3SC(=O)CC3=O)cc2)OC(=O)c2ccccc2)cn1.CCc1ccc([C@@H](COc2ccc(CC3SC(=O)CC3=O)cc2)OC(C)=O)cn1. The molecule has 3 unspecified atom stereocenters. The molecule has 4 heterocycles. The Morgan fingerprint density at radius 2 is 1.05 bits per heavy atom. The lowest BCUT2D eigenvalue weighted by molar-refractivity contribution is -0.148. The number of carbonyl (C=O) groups excluding carboxylic acids is 6. The number of esters is 2. The molecule has 2 saturated heterocycles. The van der Waals surface area contributed by atoms with Crippen LogP contribution in [0.5, 0.6) is 11.5 Å². The van der Waals surface area contributed by atoms with Crippen LogP contribution in [0.15, 0.2) is 116 Å². The summed E-state index contributed by atoms with van der Waals surface area (Å²) in [6, 6.07) is 31.2. The highest BCUT2D eigenvalue weighted by atomic mass is 32.2. The summed E-state index contributed by atoms with van der Waals surface area (Å²) in [5.74, 6) is 0.405. The summed E-state index contributed by atoms with van der Waals surface area (Å²) in [7, 11) is 0. The van der Waals surface area contributed by atoms with Crippen LogP contribution in [0.1, 0.15) is 97.2 Å². The van der Waals surface area contributed by atoms with Crippen molar-refractivity contribution in [2.45, 2.75) is 89.4 Å². The summed E-state index contributed by atoms with van der Waals surface area (Å²) in [6.45, 7) is 5.70. The van der Waals surface area contributed by atoms with E-state index in [0.29, 0.717) is 29.9 Å². The zero-order chi connectivity index (χ0) is 44.7. The van der Waals surface area contributed by atoms with Crippen molar-refractivity contribution in [2.75, 3.05) is 13.2 Å². The quantitative estimate of drug-likeness (QED) is 0.0642. The molecule has 0 bridgehead atoms. The van der Waals surface area contributed by atoms with Crippen LogP contribution < -0.4 is 9.47 Å². The normalized spacial score (nSPS) is 16.5. The highest BCUT2D eigenvalue weighted by molar-refractivity contribution is 8.15. The average molecular weight is 905 g/mol. The second kappa shape index (κ2) is 24.1. The molecule has 5 aromatic rings. The van der Waals surface area contributed by atoms with Gasteiger partial charge in [0, 0.05) is 41.8 Å². The van der Waals surface area contributed by atoms with Gasteiger partial charge in [-0.2, -0.15) is 0 Å². The van der Waals surface area contributed by atoms with Gasteiger partial charge < -0.3 is 18.9 Å². The van der Waals surface area contributed by atoms with Gasteiger partial charge in [-0.1, -0.05) is 99.4 Å². The Bertz CT molecular complexity index is 2360. The van der Waals surface area contributed by atoms with E-state index in [4.69, 9.17) is 18.9 Å². The van der Waals surface area contributed by atoms with Gasteiger partial charge in [0.25, 0.3) is 0 Å². The van der Waals surface area contributed by atoms with Gasteiger partial charge in [0.05, 0.1) is 28.9 Å². The van der Waals surface area contributed by atoms with Crippen molar-refractivity contribution in [3.8, 4) is 11.5 Å². The first-order valence-electron chi connectivity index (χ1n) is 20.7. The first kappa shape index (κ1) is 48.9. The molecule has 3 aromatic carbocycles. The van der Waals surface area contributed by atoms with Gasteiger partial charge in [-0.25, -0.2) is 4.79 Å². The number of thioether (sulfide) groups is 2. The van der Waals surface area contributed by atoms with E-state index < -0.39 is 18.2 Å². The molecule has 2 aliphatic heterocycles.